The number of piperidine rings is 1. The minimum absolute atomic E-state index is 0.200. The summed E-state index contributed by atoms with van der Waals surface area (Å²) in [5.74, 6) is 0.601. The Balaban J connectivity index is 2.00. The highest BCUT2D eigenvalue weighted by Crippen LogP contribution is 2.30. The van der Waals surface area contributed by atoms with Gasteiger partial charge in [0.2, 0.25) is 0 Å². The van der Waals surface area contributed by atoms with Gasteiger partial charge in [0.25, 0.3) is 0 Å². The molecule has 0 aromatic carbocycles. The van der Waals surface area contributed by atoms with Gasteiger partial charge in [0.05, 0.1) is 10.7 Å². The molecular formula is C13H22N2OS. The van der Waals surface area contributed by atoms with Crippen molar-refractivity contribution in [3.63, 3.8) is 0 Å². The van der Waals surface area contributed by atoms with Crippen LogP contribution >= 0.6 is 11.3 Å². The van der Waals surface area contributed by atoms with E-state index in [1.807, 2.05) is 0 Å². The van der Waals surface area contributed by atoms with Gasteiger partial charge in [-0.25, -0.2) is 4.98 Å². The topological polar surface area (TPSA) is 36.4 Å². The van der Waals surface area contributed by atoms with Crippen LogP contribution in [0.15, 0.2) is 5.38 Å². The zero-order valence-corrected chi connectivity index (χ0v) is 11.5. The van der Waals surface area contributed by atoms with Crippen LogP contribution in [0.1, 0.15) is 43.3 Å². The lowest BCUT2D eigenvalue weighted by atomic mass is 9.98. The molecule has 0 bridgehead atoms. The number of aliphatic hydroxyl groups is 1. The fourth-order valence-corrected chi connectivity index (χ4v) is 3.40. The second-order valence-electron chi connectivity index (χ2n) is 5.08. The van der Waals surface area contributed by atoms with Crippen LogP contribution in [-0.4, -0.2) is 40.7 Å². The molecule has 96 valence electrons. The van der Waals surface area contributed by atoms with Crippen molar-refractivity contribution in [3.8, 4) is 0 Å². The maximum absolute atomic E-state index is 8.91. The lowest BCUT2D eigenvalue weighted by molar-refractivity contribution is 0.167. The average Bonchev–Trinajstić information content (AvgIpc) is 2.78. The third-order valence-corrected chi connectivity index (χ3v) is 4.53. The van der Waals surface area contributed by atoms with Gasteiger partial charge in [-0.2, -0.15) is 0 Å². The predicted octanol–water partition coefficient (Wildman–Crippen LogP) is 2.27. The molecular weight excluding hydrogens is 232 g/mol. The van der Waals surface area contributed by atoms with Gasteiger partial charge in [0.1, 0.15) is 0 Å². The highest BCUT2D eigenvalue weighted by atomic mass is 32.1. The van der Waals surface area contributed by atoms with E-state index in [0.717, 1.165) is 12.2 Å². The molecule has 2 heterocycles. The van der Waals surface area contributed by atoms with Gasteiger partial charge in [0, 0.05) is 36.9 Å². The van der Waals surface area contributed by atoms with E-state index in [1.54, 1.807) is 11.3 Å². The van der Waals surface area contributed by atoms with E-state index in [4.69, 9.17) is 5.11 Å². The number of hydrogen-bond donors (Lipinski definition) is 1. The average molecular weight is 254 g/mol. The number of aliphatic hydroxyl groups excluding tert-OH is 1. The first-order valence-electron chi connectivity index (χ1n) is 6.50. The molecule has 4 heteroatoms. The van der Waals surface area contributed by atoms with E-state index < -0.39 is 0 Å². The molecule has 1 atom stereocenters. The van der Waals surface area contributed by atoms with Crippen LogP contribution < -0.4 is 0 Å². The quantitative estimate of drug-likeness (QED) is 0.895. The number of likely N-dealkylation sites (tertiary alicyclic amines) is 1. The Hall–Kier alpha value is -0.450. The first-order valence-corrected chi connectivity index (χ1v) is 7.38. The van der Waals surface area contributed by atoms with Crippen molar-refractivity contribution in [2.45, 2.75) is 45.1 Å². The summed E-state index contributed by atoms with van der Waals surface area (Å²) < 4.78 is 0. The largest absolute Gasteiger partial charge is 0.396 e. The lowest BCUT2D eigenvalue weighted by Crippen LogP contribution is -2.39. The van der Waals surface area contributed by atoms with E-state index in [-0.39, 0.29) is 6.61 Å². The molecule has 1 aliphatic rings. The fraction of sp³-hybridized carbons (Fsp3) is 0.769. The molecule has 0 aliphatic carbocycles. The van der Waals surface area contributed by atoms with Crippen LogP contribution in [0.2, 0.25) is 0 Å². The molecule has 17 heavy (non-hydrogen) atoms. The van der Waals surface area contributed by atoms with Gasteiger partial charge in [0.15, 0.2) is 0 Å². The van der Waals surface area contributed by atoms with Crippen LogP contribution in [0.25, 0.3) is 0 Å². The number of nitrogens with zero attached hydrogens (tertiary/aromatic N) is 2. The highest BCUT2D eigenvalue weighted by molar-refractivity contribution is 7.09. The lowest BCUT2D eigenvalue weighted by Gasteiger charge is -2.34. The summed E-state index contributed by atoms with van der Waals surface area (Å²) in [6, 6.07) is 0.634. The van der Waals surface area contributed by atoms with Crippen molar-refractivity contribution < 1.29 is 5.11 Å². The summed E-state index contributed by atoms with van der Waals surface area (Å²) in [7, 11) is 0. The van der Waals surface area contributed by atoms with Crippen molar-refractivity contribution in [2.24, 2.45) is 0 Å². The van der Waals surface area contributed by atoms with Gasteiger partial charge >= 0.3 is 0 Å². The molecule has 1 aromatic heterocycles. The van der Waals surface area contributed by atoms with E-state index in [0.29, 0.717) is 18.4 Å². The number of rotatable bonds is 4. The van der Waals surface area contributed by atoms with Gasteiger partial charge in [-0.15, -0.1) is 11.3 Å². The number of hydrogen-bond acceptors (Lipinski definition) is 4. The molecule has 0 radical (unpaired) electrons. The summed E-state index contributed by atoms with van der Waals surface area (Å²) in [6.07, 6.45) is 3.23. The van der Waals surface area contributed by atoms with Gasteiger partial charge in [-0.05, 0) is 33.2 Å². The number of thiazole rings is 1. The van der Waals surface area contributed by atoms with Crippen molar-refractivity contribution >= 4 is 11.3 Å². The monoisotopic (exact) mass is 254 g/mol. The standard InChI is InChI=1S/C13H22N2OS/c1-10(2)15-6-3-4-11(8-15)13-14-12(5-7-16)9-17-13/h9-11,16H,3-8H2,1-2H3. The third-order valence-electron chi connectivity index (χ3n) is 3.47. The molecule has 0 amide bonds. The summed E-state index contributed by atoms with van der Waals surface area (Å²) in [5.41, 5.74) is 1.05. The second-order valence-corrected chi connectivity index (χ2v) is 5.97. The van der Waals surface area contributed by atoms with E-state index in [1.165, 1.54) is 24.4 Å². The van der Waals surface area contributed by atoms with Crippen LogP contribution in [-0.2, 0) is 6.42 Å². The van der Waals surface area contributed by atoms with Crippen molar-refractivity contribution in [2.75, 3.05) is 19.7 Å². The maximum atomic E-state index is 8.91. The fourth-order valence-electron chi connectivity index (χ4n) is 2.42. The third kappa shape index (κ3) is 3.27. The summed E-state index contributed by atoms with van der Waals surface area (Å²) in [6.45, 7) is 7.10. The van der Waals surface area contributed by atoms with Crippen molar-refractivity contribution in [1.29, 1.82) is 0 Å². The van der Waals surface area contributed by atoms with E-state index in [9.17, 15) is 0 Å². The molecule has 0 spiro atoms. The summed E-state index contributed by atoms with van der Waals surface area (Å²) >= 11 is 1.76. The first kappa shape index (κ1) is 13.0. The molecule has 3 nitrogen and oxygen atoms in total. The Morgan fingerprint density at radius 2 is 2.41 bits per heavy atom. The smallest absolute Gasteiger partial charge is 0.0972 e. The van der Waals surface area contributed by atoms with Gasteiger partial charge in [-0.1, -0.05) is 0 Å². The molecule has 1 unspecified atom stereocenters. The van der Waals surface area contributed by atoms with Crippen LogP contribution in [0.3, 0.4) is 0 Å². The zero-order chi connectivity index (χ0) is 12.3. The molecule has 2 rings (SSSR count). The van der Waals surface area contributed by atoms with Crippen LogP contribution in [0, 0.1) is 0 Å². The van der Waals surface area contributed by atoms with Gasteiger partial charge < -0.3 is 10.0 Å². The van der Waals surface area contributed by atoms with Crippen LogP contribution in [0.4, 0.5) is 0 Å². The highest BCUT2D eigenvalue weighted by Gasteiger charge is 2.24. The van der Waals surface area contributed by atoms with Gasteiger partial charge in [-0.3, -0.25) is 0 Å². The summed E-state index contributed by atoms with van der Waals surface area (Å²) in [4.78, 5) is 7.19. The van der Waals surface area contributed by atoms with Crippen molar-refractivity contribution in [3.05, 3.63) is 16.1 Å². The molecule has 0 saturated carbocycles. The Morgan fingerprint density at radius 1 is 1.59 bits per heavy atom. The second kappa shape index (κ2) is 5.94. The Morgan fingerprint density at radius 3 is 3.12 bits per heavy atom. The molecule has 1 N–H and O–H groups in total. The minimum Gasteiger partial charge on any atom is -0.396 e. The van der Waals surface area contributed by atoms with E-state index in [2.05, 4.69) is 29.1 Å². The van der Waals surface area contributed by atoms with Crippen LogP contribution in [0.5, 0.6) is 0 Å². The normalized spacial score (nSPS) is 22.2. The number of aromatic nitrogens is 1. The molecule has 1 aliphatic heterocycles. The Labute approximate surface area is 107 Å². The van der Waals surface area contributed by atoms with E-state index >= 15 is 0 Å². The zero-order valence-electron chi connectivity index (χ0n) is 10.7. The van der Waals surface area contributed by atoms with Crippen molar-refractivity contribution in [1.82, 2.24) is 9.88 Å². The predicted molar refractivity (Wildman–Crippen MR) is 71.6 cm³/mol. The Kier molecular flexibility index (Phi) is 4.54. The molecule has 1 aromatic rings. The summed E-state index contributed by atoms with van der Waals surface area (Å²) in [5, 5.41) is 12.3. The SMILES string of the molecule is CC(C)N1CCCC(c2nc(CCO)cs2)C1. The Bertz CT molecular complexity index is 351. The molecule has 1 fully saturated rings. The first-order chi connectivity index (χ1) is 8.20. The minimum atomic E-state index is 0.200. The maximum Gasteiger partial charge on any atom is 0.0972 e. The molecule has 1 saturated heterocycles.